The normalized spacial score (nSPS) is 12.7. The molecule has 0 saturated heterocycles. The van der Waals surface area contributed by atoms with Crippen molar-refractivity contribution in [1.82, 2.24) is 14.5 Å². The minimum atomic E-state index is -1.10. The van der Waals surface area contributed by atoms with E-state index in [-0.39, 0.29) is 0 Å². The van der Waals surface area contributed by atoms with Crippen LogP contribution in [-0.2, 0) is 18.2 Å². The third kappa shape index (κ3) is 2.38. The Morgan fingerprint density at radius 2 is 2.22 bits per heavy atom. The molecule has 0 amide bonds. The molecule has 0 aliphatic rings. The number of nitrogens with two attached hydrogens (primary N) is 1. The molecule has 0 saturated carbocycles. The fourth-order valence-corrected chi connectivity index (χ4v) is 2.72. The molecule has 2 rings (SSSR count). The molecule has 2 aromatic heterocycles. The highest BCUT2D eigenvalue weighted by Crippen LogP contribution is 2.27. The van der Waals surface area contributed by atoms with Crippen LogP contribution in [0.5, 0.6) is 0 Å². The van der Waals surface area contributed by atoms with Gasteiger partial charge in [0.25, 0.3) is 0 Å². The van der Waals surface area contributed by atoms with E-state index < -0.39 is 11.2 Å². The summed E-state index contributed by atoms with van der Waals surface area (Å²) in [6.45, 7) is 1.87. The second-order valence-electron chi connectivity index (χ2n) is 3.68. The SMILES string of the molecule is CC[S+]([O-])c1ccc(N)nc1-c1ncc(Br)n1C. The molecule has 0 fully saturated rings. The minimum absolute atomic E-state index is 0.390. The summed E-state index contributed by atoms with van der Waals surface area (Å²) in [5.41, 5.74) is 6.28. The third-order valence-corrected chi connectivity index (χ3v) is 4.61. The van der Waals surface area contributed by atoms with E-state index in [0.29, 0.717) is 28.0 Å². The Labute approximate surface area is 117 Å². The Bertz CT molecular complexity index is 572. The predicted molar refractivity (Wildman–Crippen MR) is 75.5 cm³/mol. The maximum atomic E-state index is 12.0. The second kappa shape index (κ2) is 5.29. The maximum Gasteiger partial charge on any atom is 0.182 e. The van der Waals surface area contributed by atoms with Crippen LogP contribution in [0.1, 0.15) is 6.92 Å². The van der Waals surface area contributed by atoms with Crippen LogP contribution in [-0.4, -0.2) is 24.8 Å². The van der Waals surface area contributed by atoms with Gasteiger partial charge in [-0.2, -0.15) is 0 Å². The Kier molecular flexibility index (Phi) is 3.94. The molecular formula is C11H13BrN4OS. The number of nitrogen functional groups attached to an aromatic ring is 1. The Hall–Kier alpha value is -1.05. The van der Waals surface area contributed by atoms with Gasteiger partial charge < -0.3 is 14.9 Å². The zero-order chi connectivity index (χ0) is 13.3. The molecule has 18 heavy (non-hydrogen) atoms. The van der Waals surface area contributed by atoms with Gasteiger partial charge in [0, 0.05) is 7.05 Å². The smallest absolute Gasteiger partial charge is 0.182 e. The average molecular weight is 329 g/mol. The van der Waals surface area contributed by atoms with Crippen LogP contribution in [0, 0.1) is 0 Å². The summed E-state index contributed by atoms with van der Waals surface area (Å²) in [7, 11) is 1.86. The molecule has 2 heterocycles. The Morgan fingerprint density at radius 3 is 2.78 bits per heavy atom. The average Bonchev–Trinajstić information content (AvgIpc) is 2.69. The van der Waals surface area contributed by atoms with Gasteiger partial charge >= 0.3 is 0 Å². The van der Waals surface area contributed by atoms with E-state index in [2.05, 4.69) is 25.9 Å². The maximum absolute atomic E-state index is 12.0. The first kappa shape index (κ1) is 13.4. The van der Waals surface area contributed by atoms with E-state index in [0.717, 1.165) is 4.60 Å². The zero-order valence-electron chi connectivity index (χ0n) is 10.1. The number of pyridine rings is 1. The van der Waals surface area contributed by atoms with Crippen molar-refractivity contribution in [3.63, 3.8) is 0 Å². The molecule has 0 radical (unpaired) electrons. The van der Waals surface area contributed by atoms with Crippen molar-refractivity contribution in [2.45, 2.75) is 11.8 Å². The van der Waals surface area contributed by atoms with E-state index >= 15 is 0 Å². The minimum Gasteiger partial charge on any atom is -0.611 e. The molecule has 7 heteroatoms. The molecule has 0 bridgehead atoms. The quantitative estimate of drug-likeness (QED) is 0.873. The first-order valence-corrected chi connectivity index (χ1v) is 7.48. The largest absolute Gasteiger partial charge is 0.611 e. The van der Waals surface area contributed by atoms with Gasteiger partial charge in [0.15, 0.2) is 16.4 Å². The van der Waals surface area contributed by atoms with Gasteiger partial charge in [-0.15, -0.1) is 0 Å². The fraction of sp³-hybridized carbons (Fsp3) is 0.273. The van der Waals surface area contributed by atoms with Crippen LogP contribution < -0.4 is 5.73 Å². The number of halogens is 1. The van der Waals surface area contributed by atoms with Crippen molar-refractivity contribution in [3.05, 3.63) is 22.9 Å². The van der Waals surface area contributed by atoms with E-state index in [1.807, 2.05) is 18.5 Å². The lowest BCUT2D eigenvalue weighted by atomic mass is 10.3. The van der Waals surface area contributed by atoms with E-state index in [1.54, 1.807) is 18.3 Å². The number of hydrogen-bond donors (Lipinski definition) is 1. The van der Waals surface area contributed by atoms with Crippen molar-refractivity contribution in [2.24, 2.45) is 7.05 Å². The van der Waals surface area contributed by atoms with Gasteiger partial charge in [-0.1, -0.05) is 0 Å². The van der Waals surface area contributed by atoms with Crippen molar-refractivity contribution in [1.29, 1.82) is 0 Å². The number of hydrogen-bond acceptors (Lipinski definition) is 4. The van der Waals surface area contributed by atoms with Crippen LogP contribution in [0.2, 0.25) is 0 Å². The molecule has 5 nitrogen and oxygen atoms in total. The number of rotatable bonds is 3. The third-order valence-electron chi connectivity index (χ3n) is 2.53. The number of aromatic nitrogens is 3. The summed E-state index contributed by atoms with van der Waals surface area (Å²) in [6.07, 6.45) is 1.68. The van der Waals surface area contributed by atoms with Gasteiger partial charge in [-0.3, -0.25) is 0 Å². The Morgan fingerprint density at radius 1 is 1.50 bits per heavy atom. The summed E-state index contributed by atoms with van der Waals surface area (Å²) in [4.78, 5) is 9.19. The molecule has 1 unspecified atom stereocenters. The monoisotopic (exact) mass is 328 g/mol. The number of nitrogens with zero attached hydrogens (tertiary/aromatic N) is 3. The van der Waals surface area contributed by atoms with Gasteiger partial charge in [-0.05, 0) is 46.2 Å². The van der Waals surface area contributed by atoms with Crippen molar-refractivity contribution < 1.29 is 4.55 Å². The van der Waals surface area contributed by atoms with Crippen LogP contribution in [0.3, 0.4) is 0 Å². The summed E-state index contributed by atoms with van der Waals surface area (Å²) in [5, 5.41) is 0. The molecule has 2 aromatic rings. The highest BCUT2D eigenvalue weighted by Gasteiger charge is 2.21. The van der Waals surface area contributed by atoms with E-state index in [1.165, 1.54) is 0 Å². The lowest BCUT2D eigenvalue weighted by Crippen LogP contribution is -2.09. The van der Waals surface area contributed by atoms with Gasteiger partial charge in [0.05, 0.1) is 6.20 Å². The first-order valence-electron chi connectivity index (χ1n) is 5.37. The standard InChI is InChI=1S/C11H13BrN4OS/c1-3-18(17)7-4-5-9(13)15-10(7)11-14-6-8(12)16(11)2/h4-6H,3H2,1-2H3,(H2,13,15). The van der Waals surface area contributed by atoms with Crippen molar-refractivity contribution >= 4 is 32.9 Å². The molecule has 2 N–H and O–H groups in total. The second-order valence-corrected chi connectivity index (χ2v) is 6.20. The molecule has 0 aliphatic heterocycles. The molecule has 0 aliphatic carbocycles. The van der Waals surface area contributed by atoms with Crippen LogP contribution in [0.15, 0.2) is 27.8 Å². The number of anilines is 1. The molecular weight excluding hydrogens is 316 g/mol. The predicted octanol–water partition coefficient (Wildman–Crippen LogP) is 1.95. The summed E-state index contributed by atoms with van der Waals surface area (Å²) in [6, 6.07) is 3.41. The van der Waals surface area contributed by atoms with E-state index in [4.69, 9.17) is 5.73 Å². The highest BCUT2D eigenvalue weighted by molar-refractivity contribution is 9.10. The van der Waals surface area contributed by atoms with Crippen LogP contribution >= 0.6 is 15.9 Å². The fourth-order valence-electron chi connectivity index (χ4n) is 1.57. The van der Waals surface area contributed by atoms with Gasteiger partial charge in [-0.25, -0.2) is 9.97 Å². The van der Waals surface area contributed by atoms with Crippen molar-refractivity contribution in [2.75, 3.05) is 11.5 Å². The lowest BCUT2D eigenvalue weighted by Gasteiger charge is -2.12. The summed E-state index contributed by atoms with van der Waals surface area (Å²) < 4.78 is 14.7. The molecule has 96 valence electrons. The lowest BCUT2D eigenvalue weighted by molar-refractivity contribution is 0.596. The first-order chi connectivity index (χ1) is 8.54. The van der Waals surface area contributed by atoms with E-state index in [9.17, 15) is 4.55 Å². The molecule has 0 aromatic carbocycles. The van der Waals surface area contributed by atoms with Crippen LogP contribution in [0.25, 0.3) is 11.5 Å². The van der Waals surface area contributed by atoms with Crippen LogP contribution in [0.4, 0.5) is 5.82 Å². The summed E-state index contributed by atoms with van der Waals surface area (Å²) >= 11 is 2.28. The molecule has 1 atom stereocenters. The zero-order valence-corrected chi connectivity index (χ0v) is 12.5. The van der Waals surface area contributed by atoms with Gasteiger partial charge in [0.2, 0.25) is 0 Å². The number of imidazole rings is 1. The van der Waals surface area contributed by atoms with Crippen molar-refractivity contribution in [3.8, 4) is 11.5 Å². The summed E-state index contributed by atoms with van der Waals surface area (Å²) in [5.74, 6) is 1.57. The topological polar surface area (TPSA) is 79.8 Å². The Balaban J connectivity index is 2.61. The van der Waals surface area contributed by atoms with Gasteiger partial charge in [0.1, 0.15) is 16.2 Å². The molecule has 0 spiro atoms. The highest BCUT2D eigenvalue weighted by atomic mass is 79.9.